The Labute approximate surface area is 126 Å². The van der Waals surface area contributed by atoms with E-state index in [4.69, 9.17) is 0 Å². The topological polar surface area (TPSA) is 66.7 Å². The van der Waals surface area contributed by atoms with Crippen molar-refractivity contribution in [3.63, 3.8) is 0 Å². The fourth-order valence-corrected chi connectivity index (χ4v) is 3.32. The van der Waals surface area contributed by atoms with E-state index in [1.54, 1.807) is 4.90 Å². The Kier molecular flexibility index (Phi) is 4.12. The largest absolute Gasteiger partial charge is 0.334 e. The minimum absolute atomic E-state index is 0.0244. The number of hydrogen-bond acceptors (Lipinski definition) is 4. The van der Waals surface area contributed by atoms with E-state index >= 15 is 0 Å². The predicted octanol–water partition coefficient (Wildman–Crippen LogP) is -0.408. The zero-order valence-electron chi connectivity index (χ0n) is 11.5. The summed E-state index contributed by atoms with van der Waals surface area (Å²) in [5, 5.41) is 3.51. The number of piperazine rings is 1. The van der Waals surface area contributed by atoms with Gasteiger partial charge >= 0.3 is 0 Å². The fraction of sp³-hybridized carbons (Fsp3) is 0.357. The molecular formula is C14H17N4O2S+. The molecule has 2 amide bonds. The average Bonchev–Trinajstić information content (AvgIpc) is 2.90. The molecule has 1 aromatic heterocycles. The smallest absolute Gasteiger partial charge is 0.281 e. The Morgan fingerprint density at radius 1 is 1.38 bits per heavy atom. The first kappa shape index (κ1) is 14.0. The van der Waals surface area contributed by atoms with Crippen LogP contribution in [-0.4, -0.2) is 54.9 Å². The lowest BCUT2D eigenvalue weighted by molar-refractivity contribution is -0.895. The van der Waals surface area contributed by atoms with Crippen LogP contribution >= 0.6 is 11.3 Å². The summed E-state index contributed by atoms with van der Waals surface area (Å²) >= 11 is 1.48. The molecule has 1 aliphatic heterocycles. The molecule has 0 saturated carbocycles. The third kappa shape index (κ3) is 3.37. The zero-order valence-corrected chi connectivity index (χ0v) is 12.4. The predicted molar refractivity (Wildman–Crippen MR) is 81.5 cm³/mol. The van der Waals surface area contributed by atoms with Crippen molar-refractivity contribution in [3.8, 4) is 0 Å². The van der Waals surface area contributed by atoms with Crippen LogP contribution in [0.4, 0.5) is 5.13 Å². The van der Waals surface area contributed by atoms with Gasteiger partial charge in [0.1, 0.15) is 0 Å². The third-order valence-electron chi connectivity index (χ3n) is 3.61. The van der Waals surface area contributed by atoms with Gasteiger partial charge in [0.2, 0.25) is 6.41 Å². The summed E-state index contributed by atoms with van der Waals surface area (Å²) in [6, 6.07) is 7.82. The Morgan fingerprint density at radius 2 is 2.14 bits per heavy atom. The number of aromatic nitrogens is 1. The van der Waals surface area contributed by atoms with Crippen molar-refractivity contribution >= 4 is 39.0 Å². The number of thiazole rings is 1. The van der Waals surface area contributed by atoms with E-state index in [1.165, 1.54) is 16.2 Å². The van der Waals surface area contributed by atoms with Crippen LogP contribution in [-0.2, 0) is 9.59 Å². The SMILES string of the molecule is O=CN1CC[NH+](CC(=O)Nc2nc3ccccc3s2)CC1. The van der Waals surface area contributed by atoms with Gasteiger partial charge in [0.05, 0.1) is 36.4 Å². The van der Waals surface area contributed by atoms with Crippen LogP contribution in [0.15, 0.2) is 24.3 Å². The maximum atomic E-state index is 12.1. The van der Waals surface area contributed by atoms with E-state index in [0.29, 0.717) is 24.8 Å². The molecule has 0 unspecified atom stereocenters. The van der Waals surface area contributed by atoms with Crippen molar-refractivity contribution in [2.45, 2.75) is 0 Å². The van der Waals surface area contributed by atoms with E-state index in [1.807, 2.05) is 24.3 Å². The van der Waals surface area contributed by atoms with E-state index < -0.39 is 0 Å². The molecule has 3 rings (SSSR count). The van der Waals surface area contributed by atoms with Crippen molar-refractivity contribution in [2.75, 3.05) is 38.0 Å². The summed E-state index contributed by atoms with van der Waals surface area (Å²) in [5.74, 6) is -0.0244. The normalized spacial score (nSPS) is 16.1. The van der Waals surface area contributed by atoms with E-state index in [9.17, 15) is 9.59 Å². The standard InChI is InChI=1S/C14H16N4O2S/c19-10-18-7-5-17(6-8-18)9-13(20)16-14-15-11-3-1-2-4-12(11)21-14/h1-4,10H,5-9H2,(H,15,16,20)/p+1. The van der Waals surface area contributed by atoms with Gasteiger partial charge < -0.3 is 9.80 Å². The van der Waals surface area contributed by atoms with Crippen LogP contribution < -0.4 is 10.2 Å². The molecule has 6 nitrogen and oxygen atoms in total. The van der Waals surface area contributed by atoms with Gasteiger partial charge in [-0.1, -0.05) is 23.5 Å². The summed E-state index contributed by atoms with van der Waals surface area (Å²) < 4.78 is 1.07. The summed E-state index contributed by atoms with van der Waals surface area (Å²) in [6.07, 6.45) is 0.873. The molecule has 2 N–H and O–H groups in total. The Bertz CT molecular complexity index is 616. The Balaban J connectivity index is 1.55. The lowest BCUT2D eigenvalue weighted by Crippen LogP contribution is -3.15. The summed E-state index contributed by atoms with van der Waals surface area (Å²) in [5.41, 5.74) is 0.907. The highest BCUT2D eigenvalue weighted by atomic mass is 32.1. The van der Waals surface area contributed by atoms with Crippen LogP contribution in [0.25, 0.3) is 10.2 Å². The van der Waals surface area contributed by atoms with Crippen molar-refractivity contribution in [2.24, 2.45) is 0 Å². The number of carbonyl (C=O) groups excluding carboxylic acids is 2. The van der Waals surface area contributed by atoms with Crippen LogP contribution in [0.1, 0.15) is 0 Å². The molecule has 2 aromatic rings. The van der Waals surface area contributed by atoms with Gasteiger partial charge in [0.25, 0.3) is 5.91 Å². The quantitative estimate of drug-likeness (QED) is 0.755. The minimum atomic E-state index is -0.0244. The number of amides is 2. The molecule has 0 aliphatic carbocycles. The Morgan fingerprint density at radius 3 is 2.86 bits per heavy atom. The van der Waals surface area contributed by atoms with Crippen LogP contribution in [0, 0.1) is 0 Å². The van der Waals surface area contributed by atoms with E-state index in [-0.39, 0.29) is 5.91 Å². The maximum absolute atomic E-state index is 12.1. The molecule has 2 heterocycles. The van der Waals surface area contributed by atoms with Crippen molar-refractivity contribution < 1.29 is 14.5 Å². The number of carbonyl (C=O) groups is 2. The molecule has 1 aliphatic rings. The first-order chi connectivity index (χ1) is 10.2. The number of fused-ring (bicyclic) bond motifs is 1. The number of quaternary nitrogens is 1. The van der Waals surface area contributed by atoms with Gasteiger partial charge in [0, 0.05) is 0 Å². The molecule has 0 atom stereocenters. The van der Waals surface area contributed by atoms with Crippen LogP contribution in [0.2, 0.25) is 0 Å². The molecule has 7 heteroatoms. The van der Waals surface area contributed by atoms with Crippen molar-refractivity contribution in [3.05, 3.63) is 24.3 Å². The lowest BCUT2D eigenvalue weighted by Gasteiger charge is -2.29. The van der Waals surface area contributed by atoms with Crippen LogP contribution in [0.3, 0.4) is 0 Å². The van der Waals surface area contributed by atoms with Gasteiger partial charge in [-0.25, -0.2) is 4.98 Å². The highest BCUT2D eigenvalue weighted by molar-refractivity contribution is 7.22. The van der Waals surface area contributed by atoms with Gasteiger partial charge in [-0.3, -0.25) is 14.9 Å². The summed E-state index contributed by atoms with van der Waals surface area (Å²) in [6.45, 7) is 3.47. The number of rotatable bonds is 4. The molecule has 21 heavy (non-hydrogen) atoms. The number of nitrogens with zero attached hydrogens (tertiary/aromatic N) is 2. The molecule has 0 spiro atoms. The number of hydrogen-bond donors (Lipinski definition) is 2. The number of nitrogens with one attached hydrogen (secondary N) is 2. The summed E-state index contributed by atoms with van der Waals surface area (Å²) in [4.78, 5) is 30.0. The number of para-hydroxylation sites is 1. The van der Waals surface area contributed by atoms with Gasteiger partial charge in [0.15, 0.2) is 11.7 Å². The van der Waals surface area contributed by atoms with Crippen LogP contribution in [0.5, 0.6) is 0 Å². The second-order valence-electron chi connectivity index (χ2n) is 5.10. The molecule has 1 aromatic carbocycles. The monoisotopic (exact) mass is 305 g/mol. The molecular weight excluding hydrogens is 288 g/mol. The number of benzene rings is 1. The molecule has 1 fully saturated rings. The summed E-state index contributed by atoms with van der Waals surface area (Å²) in [7, 11) is 0. The highest BCUT2D eigenvalue weighted by Crippen LogP contribution is 2.24. The van der Waals surface area contributed by atoms with Gasteiger partial charge in [-0.2, -0.15) is 0 Å². The Hall–Kier alpha value is -1.99. The molecule has 1 saturated heterocycles. The average molecular weight is 305 g/mol. The third-order valence-corrected chi connectivity index (χ3v) is 4.56. The second kappa shape index (κ2) is 6.19. The fourth-order valence-electron chi connectivity index (χ4n) is 2.44. The lowest BCUT2D eigenvalue weighted by atomic mass is 10.3. The molecule has 110 valence electrons. The number of anilines is 1. The molecule has 0 radical (unpaired) electrons. The van der Waals surface area contributed by atoms with Gasteiger partial charge in [-0.15, -0.1) is 0 Å². The second-order valence-corrected chi connectivity index (χ2v) is 6.13. The van der Waals surface area contributed by atoms with Crippen molar-refractivity contribution in [1.82, 2.24) is 9.88 Å². The minimum Gasteiger partial charge on any atom is -0.334 e. The maximum Gasteiger partial charge on any atom is 0.281 e. The first-order valence-corrected chi connectivity index (χ1v) is 7.74. The van der Waals surface area contributed by atoms with E-state index in [0.717, 1.165) is 29.7 Å². The molecule has 0 bridgehead atoms. The first-order valence-electron chi connectivity index (χ1n) is 6.93. The van der Waals surface area contributed by atoms with Gasteiger partial charge in [-0.05, 0) is 12.1 Å². The van der Waals surface area contributed by atoms with E-state index in [2.05, 4.69) is 10.3 Å². The zero-order chi connectivity index (χ0) is 14.7. The van der Waals surface area contributed by atoms with Crippen molar-refractivity contribution in [1.29, 1.82) is 0 Å². The highest BCUT2D eigenvalue weighted by Gasteiger charge is 2.21.